The SMILES string of the molecule is ClC1=NCN(CC2CCCO2)C(c2c[nH]c3ncccc23)=C1. The number of ether oxygens (including phenoxy) is 1. The standard InChI is InChI=1S/C16H17ClN4O/c17-15-7-14(13-8-19-16-12(13)4-1-5-18-16)21(10-20-15)9-11-3-2-6-22-11/h1,4-5,7-8,11H,2-3,6,9-10H2,(H,18,19). The largest absolute Gasteiger partial charge is 0.376 e. The zero-order chi connectivity index (χ0) is 14.9. The van der Waals surface area contributed by atoms with Gasteiger partial charge in [-0.1, -0.05) is 11.6 Å². The molecule has 0 bridgehead atoms. The van der Waals surface area contributed by atoms with Crippen molar-refractivity contribution in [2.75, 3.05) is 19.8 Å². The molecule has 1 fully saturated rings. The first-order valence-corrected chi connectivity index (χ1v) is 7.90. The van der Waals surface area contributed by atoms with Crippen molar-refractivity contribution in [1.29, 1.82) is 0 Å². The van der Waals surface area contributed by atoms with Gasteiger partial charge in [0, 0.05) is 36.5 Å². The van der Waals surface area contributed by atoms with Gasteiger partial charge in [-0.15, -0.1) is 0 Å². The van der Waals surface area contributed by atoms with E-state index in [0.29, 0.717) is 11.8 Å². The molecule has 2 aliphatic heterocycles. The van der Waals surface area contributed by atoms with Crippen LogP contribution in [0.4, 0.5) is 0 Å². The van der Waals surface area contributed by atoms with Crippen LogP contribution in [0, 0.1) is 0 Å². The van der Waals surface area contributed by atoms with Crippen LogP contribution in [-0.2, 0) is 4.74 Å². The van der Waals surface area contributed by atoms with E-state index in [1.165, 1.54) is 0 Å². The van der Waals surface area contributed by atoms with Crippen LogP contribution in [0.25, 0.3) is 16.7 Å². The first-order chi connectivity index (χ1) is 10.8. The average Bonchev–Trinajstić information content (AvgIpc) is 3.18. The molecule has 0 aliphatic carbocycles. The van der Waals surface area contributed by atoms with Crippen molar-refractivity contribution in [3.8, 4) is 0 Å². The summed E-state index contributed by atoms with van der Waals surface area (Å²) in [5.41, 5.74) is 3.07. The van der Waals surface area contributed by atoms with Gasteiger partial charge in [-0.2, -0.15) is 0 Å². The Morgan fingerprint density at radius 2 is 2.41 bits per heavy atom. The molecular weight excluding hydrogens is 300 g/mol. The zero-order valence-corrected chi connectivity index (χ0v) is 12.9. The van der Waals surface area contributed by atoms with Crippen LogP contribution >= 0.6 is 11.6 Å². The van der Waals surface area contributed by atoms with E-state index in [1.807, 2.05) is 18.3 Å². The lowest BCUT2D eigenvalue weighted by Crippen LogP contribution is -2.33. The lowest BCUT2D eigenvalue weighted by Gasteiger charge is -2.30. The predicted molar refractivity (Wildman–Crippen MR) is 87.9 cm³/mol. The van der Waals surface area contributed by atoms with Gasteiger partial charge in [-0.25, -0.2) is 4.98 Å². The van der Waals surface area contributed by atoms with Gasteiger partial charge >= 0.3 is 0 Å². The number of aromatic nitrogens is 2. The van der Waals surface area contributed by atoms with E-state index in [1.54, 1.807) is 6.20 Å². The van der Waals surface area contributed by atoms with E-state index in [4.69, 9.17) is 16.3 Å². The quantitative estimate of drug-likeness (QED) is 0.947. The Morgan fingerprint density at radius 1 is 1.45 bits per heavy atom. The molecule has 0 spiro atoms. The van der Waals surface area contributed by atoms with E-state index < -0.39 is 0 Å². The highest BCUT2D eigenvalue weighted by Crippen LogP contribution is 2.30. The van der Waals surface area contributed by atoms with Crippen LogP contribution in [0.15, 0.2) is 35.6 Å². The number of nitrogens with one attached hydrogen (secondary N) is 1. The normalized spacial score (nSPS) is 22.0. The Morgan fingerprint density at radius 3 is 3.27 bits per heavy atom. The van der Waals surface area contributed by atoms with Crippen LogP contribution in [0.2, 0.25) is 0 Å². The summed E-state index contributed by atoms with van der Waals surface area (Å²) in [5, 5.41) is 1.63. The topological polar surface area (TPSA) is 53.5 Å². The van der Waals surface area contributed by atoms with Gasteiger partial charge in [0.15, 0.2) is 0 Å². The van der Waals surface area contributed by atoms with Crippen molar-refractivity contribution in [1.82, 2.24) is 14.9 Å². The third-order valence-corrected chi connectivity index (χ3v) is 4.39. The fourth-order valence-corrected chi connectivity index (χ4v) is 3.24. The maximum absolute atomic E-state index is 6.15. The van der Waals surface area contributed by atoms with Gasteiger partial charge in [0.05, 0.1) is 11.8 Å². The molecule has 6 heteroatoms. The zero-order valence-electron chi connectivity index (χ0n) is 12.1. The van der Waals surface area contributed by atoms with Gasteiger partial charge in [0.25, 0.3) is 0 Å². The molecule has 5 nitrogen and oxygen atoms in total. The maximum Gasteiger partial charge on any atom is 0.137 e. The lowest BCUT2D eigenvalue weighted by molar-refractivity contribution is 0.0896. The van der Waals surface area contributed by atoms with Gasteiger partial charge in [0.2, 0.25) is 0 Å². The third kappa shape index (κ3) is 2.51. The van der Waals surface area contributed by atoms with Gasteiger partial charge < -0.3 is 14.6 Å². The molecule has 22 heavy (non-hydrogen) atoms. The fourth-order valence-electron chi connectivity index (χ4n) is 3.09. The summed E-state index contributed by atoms with van der Waals surface area (Å²) < 4.78 is 5.77. The molecule has 0 amide bonds. The molecule has 1 atom stereocenters. The third-order valence-electron chi connectivity index (χ3n) is 4.16. The van der Waals surface area contributed by atoms with Gasteiger partial charge in [-0.3, -0.25) is 4.99 Å². The van der Waals surface area contributed by atoms with Crippen LogP contribution in [-0.4, -0.2) is 46.0 Å². The summed E-state index contributed by atoms with van der Waals surface area (Å²) in [4.78, 5) is 14.2. The number of pyridine rings is 1. The molecular formula is C16H17ClN4O. The van der Waals surface area contributed by atoms with Crippen molar-refractivity contribution in [2.24, 2.45) is 4.99 Å². The number of hydrogen-bond donors (Lipinski definition) is 1. The molecule has 0 aromatic carbocycles. The lowest BCUT2D eigenvalue weighted by atomic mass is 10.1. The maximum atomic E-state index is 6.15. The van der Waals surface area contributed by atoms with Crippen LogP contribution < -0.4 is 0 Å². The molecule has 4 rings (SSSR count). The fraction of sp³-hybridized carbons (Fsp3) is 0.375. The van der Waals surface area contributed by atoms with Crippen LogP contribution in [0.1, 0.15) is 18.4 Å². The van der Waals surface area contributed by atoms with Crippen molar-refractivity contribution < 1.29 is 4.74 Å². The second kappa shape index (κ2) is 5.74. The Balaban J connectivity index is 1.70. The number of fused-ring (bicyclic) bond motifs is 1. The highest BCUT2D eigenvalue weighted by molar-refractivity contribution is 6.69. The highest BCUT2D eigenvalue weighted by atomic mass is 35.5. The minimum absolute atomic E-state index is 0.277. The molecule has 114 valence electrons. The van der Waals surface area contributed by atoms with Crippen LogP contribution in [0.3, 0.4) is 0 Å². The van der Waals surface area contributed by atoms with E-state index >= 15 is 0 Å². The Labute approximate surface area is 133 Å². The molecule has 0 radical (unpaired) electrons. The number of allylic oxidation sites excluding steroid dienone is 1. The number of halogens is 1. The second-order valence-corrected chi connectivity index (χ2v) is 6.00. The average molecular weight is 317 g/mol. The smallest absolute Gasteiger partial charge is 0.137 e. The number of aliphatic imine (C=N–C) groups is 1. The van der Waals surface area contributed by atoms with Gasteiger partial charge in [-0.05, 0) is 31.1 Å². The molecule has 2 aliphatic rings. The number of rotatable bonds is 3. The van der Waals surface area contributed by atoms with E-state index in [-0.39, 0.29) is 6.10 Å². The molecule has 1 N–H and O–H groups in total. The summed E-state index contributed by atoms with van der Waals surface area (Å²) in [5.74, 6) is 0. The van der Waals surface area contributed by atoms with Crippen LogP contribution in [0.5, 0.6) is 0 Å². The second-order valence-electron chi connectivity index (χ2n) is 5.61. The van der Waals surface area contributed by atoms with Crippen molar-refractivity contribution in [2.45, 2.75) is 18.9 Å². The molecule has 2 aromatic heterocycles. The summed E-state index contributed by atoms with van der Waals surface area (Å²) in [6, 6.07) is 4.02. The first kappa shape index (κ1) is 13.8. The highest BCUT2D eigenvalue weighted by Gasteiger charge is 2.24. The van der Waals surface area contributed by atoms with Crippen molar-refractivity contribution >= 4 is 33.5 Å². The predicted octanol–water partition coefficient (Wildman–Crippen LogP) is 2.99. The Kier molecular flexibility index (Phi) is 3.60. The van der Waals surface area contributed by atoms with E-state index in [0.717, 1.165) is 48.3 Å². The Hall–Kier alpha value is -1.85. The summed E-state index contributed by atoms with van der Waals surface area (Å²) in [7, 11) is 0. The summed E-state index contributed by atoms with van der Waals surface area (Å²) in [6.45, 7) is 2.27. The number of hydrogen-bond acceptors (Lipinski definition) is 4. The first-order valence-electron chi connectivity index (χ1n) is 7.52. The minimum Gasteiger partial charge on any atom is -0.376 e. The monoisotopic (exact) mass is 316 g/mol. The minimum atomic E-state index is 0.277. The Bertz CT molecular complexity index is 745. The molecule has 1 unspecified atom stereocenters. The number of nitrogens with zero attached hydrogens (tertiary/aromatic N) is 3. The molecule has 1 saturated heterocycles. The van der Waals surface area contributed by atoms with Crippen molar-refractivity contribution in [3.63, 3.8) is 0 Å². The molecule has 2 aromatic rings. The summed E-state index contributed by atoms with van der Waals surface area (Å²) in [6.07, 6.45) is 8.22. The van der Waals surface area contributed by atoms with E-state index in [2.05, 4.69) is 25.9 Å². The van der Waals surface area contributed by atoms with E-state index in [9.17, 15) is 0 Å². The summed E-state index contributed by atoms with van der Waals surface area (Å²) >= 11 is 6.15. The number of aromatic amines is 1. The molecule has 4 heterocycles. The van der Waals surface area contributed by atoms with Crippen molar-refractivity contribution in [3.05, 3.63) is 36.2 Å². The number of H-pyrrole nitrogens is 1. The molecule has 0 saturated carbocycles. The van der Waals surface area contributed by atoms with Gasteiger partial charge in [0.1, 0.15) is 17.5 Å².